The Labute approximate surface area is 293 Å². The number of primary amides is 1. The topological polar surface area (TPSA) is 194 Å². The molecule has 5 aromatic carbocycles. The van der Waals surface area contributed by atoms with Crippen LogP contribution in [0.15, 0.2) is 124 Å². The summed E-state index contributed by atoms with van der Waals surface area (Å²) in [6.45, 7) is 0. The van der Waals surface area contributed by atoms with Gasteiger partial charge in [-0.2, -0.15) is 0 Å². The Bertz CT molecular complexity index is 2910. The maximum absolute atomic E-state index is 14.6. The SMILES string of the molecule is NC(=O)n1c(O)c(-c2nc3ccccc3o2)c2cc(N(c3ccc4[nH]c(O)c(-c5nc6ccccc6o5)c4c3)S(=O)(=O)Cc3ccccc3)ccc21. The van der Waals surface area contributed by atoms with Crippen LogP contribution in [0.5, 0.6) is 11.8 Å². The zero-order valence-corrected chi connectivity index (χ0v) is 27.7. The lowest BCUT2D eigenvalue weighted by molar-refractivity contribution is 0.248. The third kappa shape index (κ3) is 4.92. The number of H-pyrrole nitrogens is 1. The van der Waals surface area contributed by atoms with Crippen molar-refractivity contribution in [2.24, 2.45) is 5.73 Å². The van der Waals surface area contributed by atoms with Gasteiger partial charge in [-0.3, -0.25) is 0 Å². The van der Waals surface area contributed by atoms with E-state index in [2.05, 4.69) is 15.0 Å². The molecule has 1 amide bonds. The van der Waals surface area contributed by atoms with Crippen molar-refractivity contribution in [2.75, 3.05) is 4.31 Å². The number of nitrogens with two attached hydrogens (primary N) is 1. The summed E-state index contributed by atoms with van der Waals surface area (Å²) in [6.07, 6.45) is 0. The Morgan fingerprint density at radius 3 is 1.96 bits per heavy atom. The summed E-state index contributed by atoms with van der Waals surface area (Å²) in [4.78, 5) is 24.6. The summed E-state index contributed by atoms with van der Waals surface area (Å²) in [5, 5.41) is 23.1. The summed E-state index contributed by atoms with van der Waals surface area (Å²) in [5.41, 5.74) is 9.73. The van der Waals surface area contributed by atoms with Crippen LogP contribution in [0.25, 0.3) is 66.9 Å². The van der Waals surface area contributed by atoms with Crippen molar-refractivity contribution in [2.45, 2.75) is 5.75 Å². The standard InChI is InChI=1S/C38H26N6O7S/c39-38(47)43-29-17-15-23(19-25(29)33(37(43)46)36-42-28-11-5-7-13-31(28)51-36)44(52(48,49)20-21-8-2-1-3-9-21)22-14-16-26-24(18-22)32(34(45)40-26)35-41-27-10-4-6-12-30(27)50-35/h1-19,40,45-46H,20H2,(H2,39,47). The lowest BCUT2D eigenvalue weighted by Crippen LogP contribution is -2.27. The summed E-state index contributed by atoms with van der Waals surface area (Å²) in [7, 11) is -4.21. The molecule has 9 aromatic rings. The number of benzene rings is 5. The van der Waals surface area contributed by atoms with Gasteiger partial charge in [0.25, 0.3) is 0 Å². The fraction of sp³-hybridized carbons (Fsp3) is 0.0263. The number of carbonyl (C=O) groups excluding carboxylic acids is 1. The minimum Gasteiger partial charge on any atom is -0.494 e. The molecule has 4 heterocycles. The van der Waals surface area contributed by atoms with Crippen LogP contribution in [0.4, 0.5) is 16.2 Å². The monoisotopic (exact) mass is 710 g/mol. The van der Waals surface area contributed by atoms with Gasteiger partial charge in [0.1, 0.15) is 22.2 Å². The normalized spacial score (nSPS) is 12.0. The van der Waals surface area contributed by atoms with Crippen LogP contribution in [0.3, 0.4) is 0 Å². The molecule has 0 bridgehead atoms. The van der Waals surface area contributed by atoms with Gasteiger partial charge in [0.05, 0.1) is 22.6 Å². The molecule has 5 N–H and O–H groups in total. The predicted octanol–water partition coefficient (Wildman–Crippen LogP) is 7.75. The van der Waals surface area contributed by atoms with Gasteiger partial charge in [-0.1, -0.05) is 54.6 Å². The number of hydrogen-bond donors (Lipinski definition) is 4. The molecule has 52 heavy (non-hydrogen) atoms. The average molecular weight is 711 g/mol. The van der Waals surface area contributed by atoms with Gasteiger partial charge in [0.15, 0.2) is 11.2 Å². The third-order valence-electron chi connectivity index (χ3n) is 8.86. The second-order valence-corrected chi connectivity index (χ2v) is 13.9. The summed E-state index contributed by atoms with van der Waals surface area (Å²) < 4.78 is 43.2. The Morgan fingerprint density at radius 2 is 1.33 bits per heavy atom. The van der Waals surface area contributed by atoms with Crippen molar-refractivity contribution in [3.63, 3.8) is 0 Å². The summed E-state index contributed by atoms with van der Waals surface area (Å²) >= 11 is 0. The van der Waals surface area contributed by atoms with E-state index in [9.17, 15) is 23.4 Å². The molecular formula is C38H26N6O7S. The number of aromatic nitrogens is 4. The highest BCUT2D eigenvalue weighted by molar-refractivity contribution is 7.92. The Morgan fingerprint density at radius 1 is 0.750 bits per heavy atom. The van der Waals surface area contributed by atoms with E-state index in [0.29, 0.717) is 38.7 Å². The molecule has 0 unspecified atom stereocenters. The Kier molecular flexibility index (Phi) is 6.85. The average Bonchev–Trinajstić information content (AvgIpc) is 3.88. The number of rotatable bonds is 7. The van der Waals surface area contributed by atoms with Crippen LogP contribution in [0.2, 0.25) is 0 Å². The first-order valence-electron chi connectivity index (χ1n) is 16.0. The zero-order chi connectivity index (χ0) is 35.7. The molecule has 14 heteroatoms. The molecule has 0 saturated heterocycles. The summed E-state index contributed by atoms with van der Waals surface area (Å²) in [6, 6.07) is 31.4. The minimum absolute atomic E-state index is 0.00624. The van der Waals surface area contributed by atoms with Crippen LogP contribution >= 0.6 is 0 Å². The molecule has 0 aliphatic carbocycles. The fourth-order valence-electron chi connectivity index (χ4n) is 6.61. The van der Waals surface area contributed by atoms with E-state index in [1.54, 1.807) is 84.9 Å². The van der Waals surface area contributed by atoms with Crippen LogP contribution in [-0.4, -0.2) is 44.2 Å². The highest BCUT2D eigenvalue weighted by Crippen LogP contribution is 2.44. The van der Waals surface area contributed by atoms with Crippen LogP contribution in [0.1, 0.15) is 5.56 Å². The predicted molar refractivity (Wildman–Crippen MR) is 196 cm³/mol. The number of amides is 1. The number of fused-ring (bicyclic) bond motifs is 4. The van der Waals surface area contributed by atoms with Crippen LogP contribution in [0, 0.1) is 0 Å². The second kappa shape index (κ2) is 11.5. The van der Waals surface area contributed by atoms with Crippen molar-refractivity contribution >= 4 is 71.4 Å². The number of para-hydroxylation sites is 4. The molecule has 0 fully saturated rings. The minimum atomic E-state index is -4.21. The molecule has 0 saturated carbocycles. The Balaban J connectivity index is 1.27. The maximum atomic E-state index is 14.6. The van der Waals surface area contributed by atoms with E-state index >= 15 is 0 Å². The first-order chi connectivity index (χ1) is 25.2. The maximum Gasteiger partial charge on any atom is 0.326 e. The van der Waals surface area contributed by atoms with E-state index in [1.165, 1.54) is 22.5 Å². The van der Waals surface area contributed by atoms with E-state index in [0.717, 1.165) is 4.57 Å². The lowest BCUT2D eigenvalue weighted by Gasteiger charge is -2.25. The molecular weight excluding hydrogens is 685 g/mol. The number of nitrogens with one attached hydrogen (secondary N) is 1. The highest BCUT2D eigenvalue weighted by atomic mass is 32.2. The number of oxazole rings is 2. The number of sulfonamides is 1. The molecule has 0 radical (unpaired) electrons. The molecule has 13 nitrogen and oxygen atoms in total. The zero-order valence-electron chi connectivity index (χ0n) is 26.9. The molecule has 4 aromatic heterocycles. The molecule has 0 aliphatic rings. The molecule has 9 rings (SSSR count). The fourth-order valence-corrected chi connectivity index (χ4v) is 8.22. The third-order valence-corrected chi connectivity index (χ3v) is 10.5. The van der Waals surface area contributed by atoms with Gasteiger partial charge in [0, 0.05) is 16.3 Å². The van der Waals surface area contributed by atoms with Crippen molar-refractivity contribution in [1.82, 2.24) is 19.5 Å². The number of aromatic hydroxyl groups is 2. The number of nitrogens with zero attached hydrogens (tertiary/aromatic N) is 4. The second-order valence-electron chi connectivity index (χ2n) is 12.1. The molecule has 256 valence electrons. The number of hydrogen-bond acceptors (Lipinski definition) is 9. The number of anilines is 2. The van der Waals surface area contributed by atoms with Crippen molar-refractivity contribution < 1.29 is 32.3 Å². The van der Waals surface area contributed by atoms with Gasteiger partial charge in [0.2, 0.25) is 33.6 Å². The van der Waals surface area contributed by atoms with Crippen molar-refractivity contribution in [3.8, 4) is 34.7 Å². The van der Waals surface area contributed by atoms with Gasteiger partial charge in [-0.15, -0.1) is 0 Å². The van der Waals surface area contributed by atoms with Crippen LogP contribution < -0.4 is 10.0 Å². The molecule has 0 aliphatic heterocycles. The number of carbonyl (C=O) groups is 1. The van der Waals surface area contributed by atoms with E-state index < -0.39 is 21.9 Å². The van der Waals surface area contributed by atoms with Crippen molar-refractivity contribution in [1.29, 1.82) is 0 Å². The van der Waals surface area contributed by atoms with Crippen LogP contribution in [-0.2, 0) is 15.8 Å². The highest BCUT2D eigenvalue weighted by Gasteiger charge is 2.30. The quantitative estimate of drug-likeness (QED) is 0.128. The smallest absolute Gasteiger partial charge is 0.326 e. The van der Waals surface area contributed by atoms with Gasteiger partial charge in [-0.05, 0) is 66.2 Å². The van der Waals surface area contributed by atoms with E-state index in [4.69, 9.17) is 14.6 Å². The number of aromatic amines is 1. The van der Waals surface area contributed by atoms with E-state index in [1.807, 2.05) is 12.1 Å². The lowest BCUT2D eigenvalue weighted by atomic mass is 10.1. The van der Waals surface area contributed by atoms with Gasteiger partial charge in [-0.25, -0.2) is 32.1 Å². The van der Waals surface area contributed by atoms with Gasteiger partial charge < -0.3 is 29.8 Å². The van der Waals surface area contributed by atoms with E-state index in [-0.39, 0.29) is 56.8 Å². The first kappa shape index (κ1) is 31.0. The largest absolute Gasteiger partial charge is 0.494 e. The van der Waals surface area contributed by atoms with Crippen molar-refractivity contribution in [3.05, 3.63) is 121 Å². The first-order valence-corrected chi connectivity index (χ1v) is 17.6. The molecule has 0 atom stereocenters. The summed E-state index contributed by atoms with van der Waals surface area (Å²) in [5.74, 6) is -0.936. The van der Waals surface area contributed by atoms with Gasteiger partial charge >= 0.3 is 6.03 Å². The Hall–Kier alpha value is -7.06. The molecule has 0 spiro atoms.